The number of para-hydroxylation sites is 1. The van der Waals surface area contributed by atoms with Crippen molar-refractivity contribution < 1.29 is 5.11 Å². The molecule has 0 saturated carbocycles. The first-order chi connectivity index (χ1) is 11.1. The van der Waals surface area contributed by atoms with Gasteiger partial charge in [-0.3, -0.25) is 4.57 Å². The highest BCUT2D eigenvalue weighted by atomic mass is 35.5. The summed E-state index contributed by atoms with van der Waals surface area (Å²) in [5.74, 6) is 1.17. The van der Waals surface area contributed by atoms with Crippen molar-refractivity contribution in [1.29, 1.82) is 0 Å². The number of halogens is 2. The fourth-order valence-electron chi connectivity index (χ4n) is 2.47. The van der Waals surface area contributed by atoms with Crippen molar-refractivity contribution in [3.8, 4) is 22.8 Å². The van der Waals surface area contributed by atoms with Crippen molar-refractivity contribution in [2.45, 2.75) is 19.8 Å². The van der Waals surface area contributed by atoms with Gasteiger partial charge >= 0.3 is 0 Å². The molecular formula is C17H14Cl2N3O-. The molecule has 4 nitrogen and oxygen atoms in total. The highest BCUT2D eigenvalue weighted by molar-refractivity contribution is 6.34. The van der Waals surface area contributed by atoms with E-state index in [0.717, 1.165) is 24.4 Å². The fraction of sp³-hybridized carbons (Fsp3) is 0.176. The van der Waals surface area contributed by atoms with Gasteiger partial charge in [-0.15, -0.1) is 10.2 Å². The van der Waals surface area contributed by atoms with Crippen LogP contribution in [0.1, 0.15) is 19.2 Å². The maximum atomic E-state index is 12.2. The summed E-state index contributed by atoms with van der Waals surface area (Å²) in [5.41, 5.74) is 1.24. The van der Waals surface area contributed by atoms with Gasteiger partial charge in [0.15, 0.2) is 5.82 Å². The molecule has 0 saturated heterocycles. The summed E-state index contributed by atoms with van der Waals surface area (Å²) in [4.78, 5) is 0. The van der Waals surface area contributed by atoms with Crippen LogP contribution >= 0.6 is 23.2 Å². The predicted octanol–water partition coefficient (Wildman–Crippen LogP) is 4.27. The van der Waals surface area contributed by atoms with Gasteiger partial charge in [0, 0.05) is 22.0 Å². The minimum Gasteiger partial charge on any atom is -0.872 e. The number of hydrogen-bond acceptors (Lipinski definition) is 3. The van der Waals surface area contributed by atoms with E-state index in [-0.39, 0.29) is 5.75 Å². The minimum absolute atomic E-state index is 0.0997. The highest BCUT2D eigenvalue weighted by Gasteiger charge is 2.16. The SMILES string of the molecule is CCCc1nnc(-c2ccccc2[O-])n1-c1cc(Cl)cc(Cl)c1. The lowest BCUT2D eigenvalue weighted by molar-refractivity contribution is -0.267. The Morgan fingerprint density at radius 2 is 1.74 bits per heavy atom. The zero-order valence-corrected chi connectivity index (χ0v) is 14.0. The van der Waals surface area contributed by atoms with Crippen LogP contribution in [-0.4, -0.2) is 14.8 Å². The molecule has 6 heteroatoms. The van der Waals surface area contributed by atoms with Crippen LogP contribution in [0.2, 0.25) is 10.0 Å². The molecule has 0 amide bonds. The fourth-order valence-corrected chi connectivity index (χ4v) is 2.98. The summed E-state index contributed by atoms with van der Waals surface area (Å²) in [6.45, 7) is 2.06. The summed E-state index contributed by atoms with van der Waals surface area (Å²) >= 11 is 12.3. The number of nitrogens with zero attached hydrogens (tertiary/aromatic N) is 3. The molecule has 0 unspecified atom stereocenters. The average Bonchev–Trinajstić information content (AvgIpc) is 2.90. The number of rotatable bonds is 4. The third-order valence-electron chi connectivity index (χ3n) is 3.44. The van der Waals surface area contributed by atoms with E-state index in [2.05, 4.69) is 17.1 Å². The summed E-state index contributed by atoms with van der Waals surface area (Å²) in [5, 5.41) is 21.7. The van der Waals surface area contributed by atoms with Crippen molar-refractivity contribution in [3.05, 3.63) is 58.3 Å². The van der Waals surface area contributed by atoms with Gasteiger partial charge in [0.1, 0.15) is 5.82 Å². The van der Waals surface area contributed by atoms with Crippen LogP contribution < -0.4 is 5.11 Å². The highest BCUT2D eigenvalue weighted by Crippen LogP contribution is 2.30. The van der Waals surface area contributed by atoms with Crippen molar-refractivity contribution in [2.24, 2.45) is 0 Å². The number of benzene rings is 2. The average molecular weight is 347 g/mol. The third kappa shape index (κ3) is 3.19. The number of aromatic nitrogens is 3. The second kappa shape index (κ2) is 6.60. The van der Waals surface area contributed by atoms with Gasteiger partial charge in [0.05, 0.1) is 5.69 Å². The van der Waals surface area contributed by atoms with Gasteiger partial charge < -0.3 is 5.11 Å². The molecule has 0 aliphatic heterocycles. The Morgan fingerprint density at radius 1 is 1.04 bits per heavy atom. The van der Waals surface area contributed by atoms with E-state index < -0.39 is 0 Å². The van der Waals surface area contributed by atoms with Gasteiger partial charge in [0.2, 0.25) is 0 Å². The number of hydrogen-bond donors (Lipinski definition) is 0. The standard InChI is InChI=1S/C17H15Cl2N3O/c1-2-5-16-20-21-17(14-6-3-4-7-15(14)23)22(16)13-9-11(18)8-12(19)10-13/h3-4,6-10,23H,2,5H2,1H3/p-1. The molecule has 0 aliphatic rings. The van der Waals surface area contributed by atoms with E-state index >= 15 is 0 Å². The van der Waals surface area contributed by atoms with Crippen LogP contribution in [0.5, 0.6) is 5.75 Å². The van der Waals surface area contributed by atoms with Crippen LogP contribution in [-0.2, 0) is 6.42 Å². The number of aryl methyl sites for hydroxylation is 1. The molecule has 3 rings (SSSR count). The molecule has 1 aromatic heterocycles. The van der Waals surface area contributed by atoms with Gasteiger partial charge in [-0.05, 0) is 24.6 Å². The van der Waals surface area contributed by atoms with Crippen LogP contribution in [0.3, 0.4) is 0 Å². The molecule has 0 radical (unpaired) electrons. The molecule has 0 atom stereocenters. The third-order valence-corrected chi connectivity index (χ3v) is 3.87. The maximum Gasteiger partial charge on any atom is 0.167 e. The normalized spacial score (nSPS) is 10.9. The molecule has 0 bridgehead atoms. The van der Waals surface area contributed by atoms with Crippen LogP contribution in [0.4, 0.5) is 0 Å². The van der Waals surface area contributed by atoms with Crippen LogP contribution in [0, 0.1) is 0 Å². The Labute approximate surface area is 144 Å². The van der Waals surface area contributed by atoms with Gasteiger partial charge in [0.25, 0.3) is 0 Å². The Kier molecular flexibility index (Phi) is 4.55. The van der Waals surface area contributed by atoms with Crippen molar-refractivity contribution in [1.82, 2.24) is 14.8 Å². The first kappa shape index (κ1) is 15.8. The summed E-state index contributed by atoms with van der Waals surface area (Å²) in [6.07, 6.45) is 1.64. The second-order valence-corrected chi connectivity index (χ2v) is 6.02. The smallest absolute Gasteiger partial charge is 0.167 e. The molecule has 118 valence electrons. The van der Waals surface area contributed by atoms with E-state index in [0.29, 0.717) is 21.4 Å². The van der Waals surface area contributed by atoms with Crippen molar-refractivity contribution in [3.63, 3.8) is 0 Å². The summed E-state index contributed by atoms with van der Waals surface area (Å²) < 4.78 is 1.85. The molecule has 0 fully saturated rings. The lowest BCUT2D eigenvalue weighted by atomic mass is 10.1. The van der Waals surface area contributed by atoms with Crippen LogP contribution in [0.15, 0.2) is 42.5 Å². The molecule has 2 aromatic carbocycles. The zero-order valence-electron chi connectivity index (χ0n) is 12.5. The second-order valence-electron chi connectivity index (χ2n) is 5.15. The summed E-state index contributed by atoms with van der Waals surface area (Å²) in [6, 6.07) is 12.0. The van der Waals surface area contributed by atoms with E-state index in [1.807, 2.05) is 4.57 Å². The predicted molar refractivity (Wildman–Crippen MR) is 90.3 cm³/mol. The minimum atomic E-state index is -0.0997. The quantitative estimate of drug-likeness (QED) is 0.708. The first-order valence-corrected chi connectivity index (χ1v) is 8.03. The maximum absolute atomic E-state index is 12.2. The summed E-state index contributed by atoms with van der Waals surface area (Å²) in [7, 11) is 0. The molecule has 0 spiro atoms. The molecule has 0 N–H and O–H groups in total. The van der Waals surface area contributed by atoms with E-state index in [1.165, 1.54) is 6.07 Å². The lowest BCUT2D eigenvalue weighted by Crippen LogP contribution is -2.04. The molecule has 23 heavy (non-hydrogen) atoms. The van der Waals surface area contributed by atoms with Gasteiger partial charge in [-0.2, -0.15) is 0 Å². The molecule has 0 aliphatic carbocycles. The zero-order chi connectivity index (χ0) is 16.4. The lowest BCUT2D eigenvalue weighted by Gasteiger charge is -2.15. The molecule has 3 aromatic rings. The Hall–Kier alpha value is -2.04. The van der Waals surface area contributed by atoms with Gasteiger partial charge in [-0.1, -0.05) is 60.1 Å². The Morgan fingerprint density at radius 3 is 2.39 bits per heavy atom. The Balaban J connectivity index is 2.25. The topological polar surface area (TPSA) is 53.8 Å². The largest absolute Gasteiger partial charge is 0.872 e. The van der Waals surface area contributed by atoms with Crippen molar-refractivity contribution >= 4 is 23.2 Å². The van der Waals surface area contributed by atoms with E-state index in [9.17, 15) is 5.11 Å². The van der Waals surface area contributed by atoms with E-state index in [4.69, 9.17) is 23.2 Å². The van der Waals surface area contributed by atoms with Crippen LogP contribution in [0.25, 0.3) is 17.1 Å². The first-order valence-electron chi connectivity index (χ1n) is 7.27. The van der Waals surface area contributed by atoms with Gasteiger partial charge in [-0.25, -0.2) is 0 Å². The Bertz CT molecular complexity index is 825. The molecular weight excluding hydrogens is 333 g/mol. The van der Waals surface area contributed by atoms with Crippen molar-refractivity contribution in [2.75, 3.05) is 0 Å². The molecule has 1 heterocycles. The monoisotopic (exact) mass is 346 g/mol. The van der Waals surface area contributed by atoms with E-state index in [1.54, 1.807) is 36.4 Å².